The highest BCUT2D eigenvalue weighted by molar-refractivity contribution is 6.35. The molecule has 0 bridgehead atoms. The van der Waals surface area contributed by atoms with Gasteiger partial charge in [0.05, 0.1) is 5.52 Å². The molecule has 0 amide bonds. The van der Waals surface area contributed by atoms with Crippen molar-refractivity contribution >= 4 is 33.4 Å². The summed E-state index contributed by atoms with van der Waals surface area (Å²) >= 11 is 6.30. The van der Waals surface area contributed by atoms with Crippen LogP contribution in [-0.4, -0.2) is 14.8 Å². The standard InChI is InChI=1S/C19H16ClN3O/c1-2-23-11-16-15-9-8-14(24-12-13-6-4-3-5-7-13)10-17(15)21-19(20)18(16)22-23/h3-11H,2,12H2,1H3. The Morgan fingerprint density at radius 3 is 2.71 bits per heavy atom. The number of fused-ring (bicyclic) bond motifs is 3. The number of halogens is 1. The molecule has 2 aromatic heterocycles. The van der Waals surface area contributed by atoms with Crippen molar-refractivity contribution in [1.29, 1.82) is 0 Å². The number of nitrogens with zero attached hydrogens (tertiary/aromatic N) is 3. The van der Waals surface area contributed by atoms with Gasteiger partial charge in [0.15, 0.2) is 5.15 Å². The van der Waals surface area contributed by atoms with Crippen LogP contribution < -0.4 is 4.74 Å². The summed E-state index contributed by atoms with van der Waals surface area (Å²) in [6.07, 6.45) is 2.01. The molecule has 2 heterocycles. The van der Waals surface area contributed by atoms with Crippen LogP contribution in [0.25, 0.3) is 21.8 Å². The van der Waals surface area contributed by atoms with Crippen LogP contribution in [0.15, 0.2) is 54.7 Å². The van der Waals surface area contributed by atoms with Crippen LogP contribution in [0.1, 0.15) is 12.5 Å². The number of hydrogen-bond acceptors (Lipinski definition) is 3. The minimum absolute atomic E-state index is 0.421. The third-order valence-corrected chi connectivity index (χ3v) is 4.27. The predicted molar refractivity (Wildman–Crippen MR) is 96.5 cm³/mol. The van der Waals surface area contributed by atoms with Crippen LogP contribution in [0, 0.1) is 0 Å². The second kappa shape index (κ2) is 6.13. The Kier molecular flexibility index (Phi) is 3.82. The van der Waals surface area contributed by atoms with Crippen molar-refractivity contribution in [2.45, 2.75) is 20.1 Å². The fraction of sp³-hybridized carbons (Fsp3) is 0.158. The van der Waals surface area contributed by atoms with Crippen LogP contribution in [0.3, 0.4) is 0 Å². The van der Waals surface area contributed by atoms with Crippen LogP contribution in [-0.2, 0) is 13.2 Å². The van der Waals surface area contributed by atoms with Crippen molar-refractivity contribution in [2.75, 3.05) is 0 Å². The number of benzene rings is 2. The lowest BCUT2D eigenvalue weighted by Gasteiger charge is -2.08. The molecule has 0 N–H and O–H groups in total. The smallest absolute Gasteiger partial charge is 0.157 e. The summed E-state index contributed by atoms with van der Waals surface area (Å²) in [5.41, 5.74) is 2.68. The molecule has 0 saturated carbocycles. The summed E-state index contributed by atoms with van der Waals surface area (Å²) in [5.74, 6) is 0.775. The summed E-state index contributed by atoms with van der Waals surface area (Å²) in [4.78, 5) is 4.48. The summed E-state index contributed by atoms with van der Waals surface area (Å²) in [7, 11) is 0. The van der Waals surface area contributed by atoms with Crippen molar-refractivity contribution in [2.24, 2.45) is 0 Å². The van der Waals surface area contributed by atoms with E-state index in [1.165, 1.54) is 0 Å². The minimum atomic E-state index is 0.421. The van der Waals surface area contributed by atoms with E-state index in [2.05, 4.69) is 10.1 Å². The molecule has 4 nitrogen and oxygen atoms in total. The maximum atomic E-state index is 6.30. The van der Waals surface area contributed by atoms with Crippen LogP contribution in [0.2, 0.25) is 5.15 Å². The van der Waals surface area contributed by atoms with Gasteiger partial charge in [-0.1, -0.05) is 41.9 Å². The summed E-state index contributed by atoms with van der Waals surface area (Å²) in [5, 5.41) is 6.94. The summed E-state index contributed by atoms with van der Waals surface area (Å²) in [6.45, 7) is 3.37. The van der Waals surface area contributed by atoms with Crippen molar-refractivity contribution in [3.8, 4) is 5.75 Å². The first-order chi connectivity index (χ1) is 11.7. The van der Waals surface area contributed by atoms with E-state index in [0.29, 0.717) is 11.8 Å². The highest BCUT2D eigenvalue weighted by Gasteiger charge is 2.11. The Hall–Kier alpha value is -2.59. The molecule has 4 rings (SSSR count). The maximum absolute atomic E-state index is 6.30. The van der Waals surface area contributed by atoms with Gasteiger partial charge in [-0.3, -0.25) is 4.68 Å². The molecule has 0 atom stereocenters. The molecular formula is C19H16ClN3O. The van der Waals surface area contributed by atoms with Crippen molar-refractivity contribution < 1.29 is 4.74 Å². The predicted octanol–water partition coefficient (Wildman–Crippen LogP) is 4.84. The SMILES string of the molecule is CCn1cc2c(n1)c(Cl)nc1cc(OCc3ccccc3)ccc12. The molecule has 0 radical (unpaired) electrons. The van der Waals surface area contributed by atoms with E-state index < -0.39 is 0 Å². The van der Waals surface area contributed by atoms with Crippen molar-refractivity contribution in [1.82, 2.24) is 14.8 Å². The maximum Gasteiger partial charge on any atom is 0.157 e. The zero-order valence-corrected chi connectivity index (χ0v) is 14.0. The number of hydrogen-bond donors (Lipinski definition) is 0. The Morgan fingerprint density at radius 1 is 1.08 bits per heavy atom. The topological polar surface area (TPSA) is 39.9 Å². The first-order valence-electron chi connectivity index (χ1n) is 7.88. The molecule has 5 heteroatoms. The first-order valence-corrected chi connectivity index (χ1v) is 8.25. The highest BCUT2D eigenvalue weighted by atomic mass is 35.5. The van der Waals surface area contributed by atoms with Crippen LogP contribution in [0.4, 0.5) is 0 Å². The van der Waals surface area contributed by atoms with Gasteiger partial charge in [-0.05, 0) is 24.6 Å². The molecule has 0 aliphatic carbocycles. The number of aromatic nitrogens is 3. The quantitative estimate of drug-likeness (QED) is 0.500. The van der Waals surface area contributed by atoms with E-state index in [0.717, 1.165) is 39.7 Å². The van der Waals surface area contributed by atoms with Crippen LogP contribution in [0.5, 0.6) is 5.75 Å². The number of pyridine rings is 1. The van der Waals surface area contributed by atoms with Gasteiger partial charge in [-0.15, -0.1) is 0 Å². The fourth-order valence-electron chi connectivity index (χ4n) is 2.75. The Labute approximate surface area is 144 Å². The molecule has 24 heavy (non-hydrogen) atoms. The third-order valence-electron chi connectivity index (χ3n) is 4.01. The second-order valence-corrected chi connectivity index (χ2v) is 5.96. The molecular weight excluding hydrogens is 322 g/mol. The average molecular weight is 338 g/mol. The molecule has 0 unspecified atom stereocenters. The Bertz CT molecular complexity index is 1010. The molecule has 4 aromatic rings. The van der Waals surface area contributed by atoms with Gasteiger partial charge < -0.3 is 4.74 Å². The number of rotatable bonds is 4. The third kappa shape index (κ3) is 2.69. The monoisotopic (exact) mass is 337 g/mol. The van der Waals surface area contributed by atoms with Crippen molar-refractivity contribution in [3.05, 3.63) is 65.4 Å². The van der Waals surface area contributed by atoms with E-state index in [1.54, 1.807) is 0 Å². The average Bonchev–Trinajstić information content (AvgIpc) is 3.06. The van der Waals surface area contributed by atoms with Gasteiger partial charge in [0.1, 0.15) is 17.9 Å². The lowest BCUT2D eigenvalue weighted by atomic mass is 10.1. The van der Waals surface area contributed by atoms with E-state index >= 15 is 0 Å². The molecule has 120 valence electrons. The summed E-state index contributed by atoms with van der Waals surface area (Å²) < 4.78 is 7.75. The second-order valence-electron chi connectivity index (χ2n) is 5.60. The zero-order chi connectivity index (χ0) is 16.5. The number of ether oxygens (including phenoxy) is 1. The Morgan fingerprint density at radius 2 is 1.92 bits per heavy atom. The minimum Gasteiger partial charge on any atom is -0.489 e. The molecule has 0 spiro atoms. The highest BCUT2D eigenvalue weighted by Crippen LogP contribution is 2.30. The van der Waals surface area contributed by atoms with Gasteiger partial charge in [0.25, 0.3) is 0 Å². The molecule has 0 aliphatic heterocycles. The number of aryl methyl sites for hydroxylation is 1. The Balaban J connectivity index is 1.71. The van der Waals surface area contributed by atoms with Crippen molar-refractivity contribution in [3.63, 3.8) is 0 Å². The van der Waals surface area contributed by atoms with E-state index in [9.17, 15) is 0 Å². The lowest BCUT2D eigenvalue weighted by molar-refractivity contribution is 0.306. The van der Waals surface area contributed by atoms with Gasteiger partial charge >= 0.3 is 0 Å². The summed E-state index contributed by atoms with van der Waals surface area (Å²) in [6, 6.07) is 16.0. The molecule has 2 aromatic carbocycles. The first kappa shape index (κ1) is 15.0. The largest absolute Gasteiger partial charge is 0.489 e. The van der Waals surface area contributed by atoms with E-state index in [1.807, 2.05) is 66.3 Å². The van der Waals surface area contributed by atoms with Gasteiger partial charge in [-0.25, -0.2) is 4.98 Å². The zero-order valence-electron chi connectivity index (χ0n) is 13.2. The lowest BCUT2D eigenvalue weighted by Crippen LogP contribution is -1.95. The van der Waals surface area contributed by atoms with Gasteiger partial charge in [-0.2, -0.15) is 5.10 Å². The molecule has 0 aliphatic rings. The molecule has 0 saturated heterocycles. The van der Waals surface area contributed by atoms with Crippen LogP contribution >= 0.6 is 11.6 Å². The van der Waals surface area contributed by atoms with E-state index in [-0.39, 0.29) is 0 Å². The van der Waals surface area contributed by atoms with Gasteiger partial charge in [0.2, 0.25) is 0 Å². The van der Waals surface area contributed by atoms with E-state index in [4.69, 9.17) is 16.3 Å². The molecule has 0 fully saturated rings. The normalized spacial score (nSPS) is 11.2. The fourth-order valence-corrected chi connectivity index (χ4v) is 2.98. The van der Waals surface area contributed by atoms with Gasteiger partial charge in [0, 0.05) is 29.6 Å².